The van der Waals surface area contributed by atoms with Crippen molar-refractivity contribution in [3.05, 3.63) is 35.6 Å². The van der Waals surface area contributed by atoms with Crippen molar-refractivity contribution in [2.45, 2.75) is 36.6 Å². The summed E-state index contributed by atoms with van der Waals surface area (Å²) in [5.74, 6) is -0.380. The summed E-state index contributed by atoms with van der Waals surface area (Å²) in [5, 5.41) is 4.43. The zero-order chi connectivity index (χ0) is 20.5. The van der Waals surface area contributed by atoms with Crippen LogP contribution in [0.3, 0.4) is 0 Å². The van der Waals surface area contributed by atoms with Crippen LogP contribution >= 0.6 is 0 Å². The highest BCUT2D eigenvalue weighted by atomic mass is 32.2. The molecule has 5 nitrogen and oxygen atoms in total. The average Bonchev–Trinajstić information content (AvgIpc) is 3.29. The van der Waals surface area contributed by atoms with Crippen LogP contribution in [-0.2, 0) is 14.6 Å². The molecule has 1 fully saturated rings. The van der Waals surface area contributed by atoms with Gasteiger partial charge in [0.2, 0.25) is 5.91 Å². The van der Waals surface area contributed by atoms with Crippen molar-refractivity contribution in [2.24, 2.45) is 0 Å². The van der Waals surface area contributed by atoms with E-state index in [1.165, 1.54) is 0 Å². The topological polar surface area (TPSA) is 75.3 Å². The number of hydrogen-bond acceptors (Lipinski definition) is 4. The van der Waals surface area contributed by atoms with Crippen molar-refractivity contribution in [3.8, 4) is 12.3 Å². The first-order valence-electron chi connectivity index (χ1n) is 7.91. The number of sulfone groups is 1. The van der Waals surface area contributed by atoms with E-state index in [2.05, 4.69) is 11.2 Å². The number of nitrogens with one attached hydrogen (secondary N) is 2. The number of alkyl halides is 3. The van der Waals surface area contributed by atoms with Crippen molar-refractivity contribution in [1.29, 1.82) is 0 Å². The molecule has 27 heavy (non-hydrogen) atoms. The molecule has 10 heteroatoms. The smallest absolute Gasteiger partial charge is 0.338 e. The van der Waals surface area contributed by atoms with E-state index in [1.54, 1.807) is 0 Å². The molecule has 1 aromatic rings. The van der Waals surface area contributed by atoms with Crippen LogP contribution in [0.25, 0.3) is 0 Å². The third-order valence-corrected chi connectivity index (χ3v) is 4.99. The predicted octanol–water partition coefficient (Wildman–Crippen LogP) is 1.71. The summed E-state index contributed by atoms with van der Waals surface area (Å²) in [5.41, 5.74) is -1.44. The Kier molecular flexibility index (Phi) is 5.87. The van der Waals surface area contributed by atoms with E-state index in [0.29, 0.717) is 18.9 Å². The van der Waals surface area contributed by atoms with Gasteiger partial charge in [-0.3, -0.25) is 10.1 Å². The molecule has 0 saturated heterocycles. The number of rotatable bonds is 7. The van der Waals surface area contributed by atoms with Gasteiger partial charge in [0, 0.05) is 6.26 Å². The molecule has 2 rings (SSSR count). The Morgan fingerprint density at radius 2 is 2.00 bits per heavy atom. The summed E-state index contributed by atoms with van der Waals surface area (Å²) in [6, 6.07) is -0.388. The number of terminal acetylenes is 1. The van der Waals surface area contributed by atoms with E-state index < -0.39 is 56.7 Å². The molecule has 0 spiro atoms. The second kappa shape index (κ2) is 7.48. The zero-order valence-corrected chi connectivity index (χ0v) is 15.1. The summed E-state index contributed by atoms with van der Waals surface area (Å²) >= 11 is 0. The van der Waals surface area contributed by atoms with E-state index in [4.69, 9.17) is 6.42 Å². The quantitative estimate of drug-likeness (QED) is 0.534. The van der Waals surface area contributed by atoms with Crippen LogP contribution in [-0.4, -0.2) is 44.1 Å². The SMILES string of the molecule is C#CC1(NC(=O)[C@H](CS(C)(=O)=O)N[C@@H](c2cccc(F)c2)C(F)(F)F)CC1. The van der Waals surface area contributed by atoms with Crippen molar-refractivity contribution >= 4 is 15.7 Å². The number of carbonyl (C=O) groups is 1. The Morgan fingerprint density at radius 1 is 1.37 bits per heavy atom. The fourth-order valence-corrected chi connectivity index (χ4v) is 3.38. The van der Waals surface area contributed by atoms with Gasteiger partial charge in [0.05, 0.1) is 5.75 Å². The lowest BCUT2D eigenvalue weighted by molar-refractivity contribution is -0.160. The van der Waals surface area contributed by atoms with E-state index in [1.807, 2.05) is 5.32 Å². The molecule has 0 aliphatic heterocycles. The van der Waals surface area contributed by atoms with Crippen molar-refractivity contribution in [1.82, 2.24) is 10.6 Å². The largest absolute Gasteiger partial charge is 0.407 e. The van der Waals surface area contributed by atoms with Crippen LogP contribution in [0, 0.1) is 18.2 Å². The van der Waals surface area contributed by atoms with Crippen LogP contribution in [0.2, 0.25) is 0 Å². The monoisotopic (exact) mass is 406 g/mol. The number of benzene rings is 1. The number of hydrogen-bond donors (Lipinski definition) is 2. The van der Waals surface area contributed by atoms with Crippen LogP contribution in [0.1, 0.15) is 24.4 Å². The fourth-order valence-electron chi connectivity index (χ4n) is 2.52. The molecule has 0 aromatic heterocycles. The Balaban J connectivity index is 2.32. The molecule has 1 aromatic carbocycles. The van der Waals surface area contributed by atoms with E-state index >= 15 is 0 Å². The summed E-state index contributed by atoms with van der Waals surface area (Å²) in [4.78, 5) is 12.4. The van der Waals surface area contributed by atoms with Gasteiger partial charge in [-0.15, -0.1) is 6.42 Å². The molecule has 2 atom stereocenters. The summed E-state index contributed by atoms with van der Waals surface area (Å²) < 4.78 is 77.1. The van der Waals surface area contributed by atoms with Crippen molar-refractivity contribution < 1.29 is 30.8 Å². The lowest BCUT2D eigenvalue weighted by atomic mass is 10.0. The molecule has 0 unspecified atom stereocenters. The Bertz CT molecular complexity index is 858. The standard InChI is InChI=1S/C17H18F4N2O3S/c1-3-16(7-8-16)23-15(24)13(10-27(2,25)26)22-14(17(19,20)21)11-5-4-6-12(18)9-11/h1,4-6,9,13-14,22H,7-8,10H2,2H3,(H,23,24)/t13-,14-/m0/s1. The van der Waals surface area contributed by atoms with E-state index in [0.717, 1.165) is 24.5 Å². The van der Waals surface area contributed by atoms with Crippen LogP contribution < -0.4 is 10.6 Å². The highest BCUT2D eigenvalue weighted by molar-refractivity contribution is 7.90. The van der Waals surface area contributed by atoms with Crippen LogP contribution in [0.5, 0.6) is 0 Å². The zero-order valence-electron chi connectivity index (χ0n) is 14.3. The average molecular weight is 406 g/mol. The van der Waals surface area contributed by atoms with Crippen molar-refractivity contribution in [3.63, 3.8) is 0 Å². The normalized spacial score (nSPS) is 18.2. The van der Waals surface area contributed by atoms with E-state index in [-0.39, 0.29) is 0 Å². The lowest BCUT2D eigenvalue weighted by Gasteiger charge is -2.28. The van der Waals surface area contributed by atoms with Gasteiger partial charge in [0.1, 0.15) is 33.3 Å². The second-order valence-electron chi connectivity index (χ2n) is 6.56. The molecule has 2 N–H and O–H groups in total. The molecule has 1 aliphatic rings. The lowest BCUT2D eigenvalue weighted by Crippen LogP contribution is -2.54. The first kappa shape index (κ1) is 21.2. The Hall–Kier alpha value is -2.12. The number of halogens is 4. The first-order chi connectivity index (χ1) is 12.4. The third kappa shape index (κ3) is 5.94. The minimum Gasteiger partial charge on any atom is -0.338 e. The Labute approximate surface area is 154 Å². The van der Waals surface area contributed by atoms with Gasteiger partial charge in [-0.25, -0.2) is 12.8 Å². The minimum atomic E-state index is -4.90. The summed E-state index contributed by atoms with van der Waals surface area (Å²) in [6.45, 7) is 0. The predicted molar refractivity (Wildman–Crippen MR) is 90.8 cm³/mol. The third-order valence-electron chi connectivity index (χ3n) is 4.05. The molecule has 0 heterocycles. The van der Waals surface area contributed by atoms with Crippen LogP contribution in [0.4, 0.5) is 17.6 Å². The molecule has 148 valence electrons. The molecule has 0 radical (unpaired) electrons. The fraction of sp³-hybridized carbons (Fsp3) is 0.471. The molecule has 1 amide bonds. The van der Waals surface area contributed by atoms with Gasteiger partial charge in [-0.05, 0) is 30.5 Å². The molecular formula is C17H18F4N2O3S. The number of carbonyl (C=O) groups excluding carboxylic acids is 1. The van der Waals surface area contributed by atoms with Gasteiger partial charge in [0.15, 0.2) is 0 Å². The van der Waals surface area contributed by atoms with Gasteiger partial charge in [-0.1, -0.05) is 18.1 Å². The highest BCUT2D eigenvalue weighted by Crippen LogP contribution is 2.35. The van der Waals surface area contributed by atoms with Gasteiger partial charge < -0.3 is 5.32 Å². The summed E-state index contributed by atoms with van der Waals surface area (Å²) in [6.07, 6.45) is 2.11. The maximum absolute atomic E-state index is 13.5. The van der Waals surface area contributed by atoms with Gasteiger partial charge >= 0.3 is 6.18 Å². The molecule has 0 bridgehead atoms. The maximum Gasteiger partial charge on any atom is 0.407 e. The molecular weight excluding hydrogens is 388 g/mol. The highest BCUT2D eigenvalue weighted by Gasteiger charge is 2.46. The Morgan fingerprint density at radius 3 is 2.44 bits per heavy atom. The maximum atomic E-state index is 13.5. The molecule has 1 saturated carbocycles. The molecule has 1 aliphatic carbocycles. The van der Waals surface area contributed by atoms with Crippen LogP contribution in [0.15, 0.2) is 24.3 Å². The second-order valence-corrected chi connectivity index (χ2v) is 8.74. The summed E-state index contributed by atoms with van der Waals surface area (Å²) in [7, 11) is -3.81. The van der Waals surface area contributed by atoms with Gasteiger partial charge in [0.25, 0.3) is 0 Å². The minimum absolute atomic E-state index is 0.452. The van der Waals surface area contributed by atoms with Crippen molar-refractivity contribution in [2.75, 3.05) is 12.0 Å². The number of amides is 1. The van der Waals surface area contributed by atoms with Gasteiger partial charge in [-0.2, -0.15) is 13.2 Å². The first-order valence-corrected chi connectivity index (χ1v) is 9.97. The van der Waals surface area contributed by atoms with E-state index in [9.17, 15) is 30.8 Å².